The van der Waals surface area contributed by atoms with Crippen molar-refractivity contribution in [3.8, 4) is 11.8 Å². The number of nitrogens with two attached hydrogens (primary N) is 1. The van der Waals surface area contributed by atoms with Crippen molar-refractivity contribution >= 4 is 33.4 Å². The zero-order valence-electron chi connectivity index (χ0n) is 18.6. The lowest BCUT2D eigenvalue weighted by molar-refractivity contribution is 0.296. The van der Waals surface area contributed by atoms with Gasteiger partial charge in [-0.2, -0.15) is 9.97 Å². The van der Waals surface area contributed by atoms with Crippen LogP contribution in [0.1, 0.15) is 18.7 Å². The number of piperidine rings is 1. The first-order valence-corrected chi connectivity index (χ1v) is 11.4. The lowest BCUT2D eigenvalue weighted by atomic mass is 10.0. The van der Waals surface area contributed by atoms with Crippen molar-refractivity contribution in [2.45, 2.75) is 31.3 Å². The second kappa shape index (κ2) is 8.03. The Bertz CT molecular complexity index is 1370. The molecular weight excluding hydrogens is 439 g/mol. The van der Waals surface area contributed by atoms with E-state index in [9.17, 15) is 4.39 Å². The minimum absolute atomic E-state index is 0.0272. The number of aromatic nitrogens is 5. The van der Waals surface area contributed by atoms with Crippen LogP contribution in [0.5, 0.6) is 11.8 Å². The van der Waals surface area contributed by atoms with Crippen LogP contribution in [0.4, 0.5) is 15.9 Å². The average molecular weight is 465 g/mol. The van der Waals surface area contributed by atoms with Gasteiger partial charge in [-0.1, -0.05) is 0 Å². The van der Waals surface area contributed by atoms with E-state index < -0.39 is 0 Å². The van der Waals surface area contributed by atoms with Gasteiger partial charge in [0.2, 0.25) is 0 Å². The van der Waals surface area contributed by atoms with Crippen molar-refractivity contribution in [3.63, 3.8) is 0 Å². The molecular formula is C23H25FN8O2. The van der Waals surface area contributed by atoms with E-state index in [0.717, 1.165) is 30.3 Å². The van der Waals surface area contributed by atoms with Crippen LogP contribution in [-0.2, 0) is 6.42 Å². The van der Waals surface area contributed by atoms with Gasteiger partial charge in [0.05, 0.1) is 35.6 Å². The summed E-state index contributed by atoms with van der Waals surface area (Å²) in [5, 5.41) is 13.6. The van der Waals surface area contributed by atoms with Crippen LogP contribution >= 0.6 is 0 Å². The fraction of sp³-hybridized carbons (Fsp3) is 0.391. The number of aliphatic hydroxyl groups excluding tert-OH is 1. The standard InChI is InChI=1S/C23H25FN8O2/c1-26-17-6-12(24)5-15-19-21(29-20(15)17)30-23(34-14-8-27-18(2-3-33)28-9-14)31-22(19)32-10-11-4-13(32)7-16(11)25/h5-6,8-9,11,13,16,26,33H,2-4,7,10,25H2,1H3,(H,29,30,31)/t11?,13?,16-/m0/s1. The molecule has 10 nitrogen and oxygen atoms in total. The molecule has 2 fully saturated rings. The van der Waals surface area contributed by atoms with Crippen LogP contribution in [0, 0.1) is 11.7 Å². The number of nitrogens with one attached hydrogen (secondary N) is 2. The van der Waals surface area contributed by atoms with Crippen molar-refractivity contribution in [2.24, 2.45) is 11.7 Å². The van der Waals surface area contributed by atoms with Gasteiger partial charge in [-0.05, 0) is 30.9 Å². The van der Waals surface area contributed by atoms with E-state index in [0.29, 0.717) is 46.5 Å². The number of benzene rings is 1. The summed E-state index contributed by atoms with van der Waals surface area (Å²) in [6.45, 7) is 0.762. The molecule has 4 aromatic rings. The lowest BCUT2D eigenvalue weighted by Crippen LogP contribution is -2.41. The van der Waals surface area contributed by atoms with Gasteiger partial charge in [0, 0.05) is 37.5 Å². The fourth-order valence-electron chi connectivity index (χ4n) is 5.26. The number of nitrogens with zero attached hydrogens (tertiary/aromatic N) is 5. The number of aromatic amines is 1. The van der Waals surface area contributed by atoms with Gasteiger partial charge in [0.15, 0.2) is 5.75 Å². The third-order valence-corrected chi connectivity index (χ3v) is 6.85. The third-order valence-electron chi connectivity index (χ3n) is 6.85. The van der Waals surface area contributed by atoms with E-state index in [-0.39, 0.29) is 30.5 Å². The largest absolute Gasteiger partial charge is 0.421 e. The number of aliphatic hydroxyl groups is 1. The summed E-state index contributed by atoms with van der Waals surface area (Å²) < 4.78 is 20.4. The molecule has 0 radical (unpaired) electrons. The summed E-state index contributed by atoms with van der Waals surface area (Å²) in [5.41, 5.74) is 8.24. The Morgan fingerprint density at radius 1 is 1.26 bits per heavy atom. The number of hydrogen-bond acceptors (Lipinski definition) is 9. The molecule has 11 heteroatoms. The fourth-order valence-corrected chi connectivity index (χ4v) is 5.26. The zero-order chi connectivity index (χ0) is 23.4. The molecule has 1 aromatic carbocycles. The first kappa shape index (κ1) is 21.0. The van der Waals surface area contributed by atoms with Crippen molar-refractivity contribution in [3.05, 3.63) is 36.2 Å². The molecule has 2 unspecified atom stereocenters. The normalized spacial score (nSPS) is 21.6. The van der Waals surface area contributed by atoms with Crippen LogP contribution in [-0.4, -0.2) is 62.3 Å². The predicted molar refractivity (Wildman–Crippen MR) is 126 cm³/mol. The van der Waals surface area contributed by atoms with E-state index >= 15 is 0 Å². The van der Waals surface area contributed by atoms with Gasteiger partial charge in [-0.25, -0.2) is 14.4 Å². The molecule has 1 saturated carbocycles. The van der Waals surface area contributed by atoms with Gasteiger partial charge in [0.1, 0.15) is 23.1 Å². The molecule has 2 bridgehead atoms. The quantitative estimate of drug-likeness (QED) is 0.339. The van der Waals surface area contributed by atoms with E-state index in [2.05, 4.69) is 30.2 Å². The van der Waals surface area contributed by atoms with Crippen LogP contribution < -0.4 is 20.7 Å². The van der Waals surface area contributed by atoms with E-state index in [1.165, 1.54) is 24.5 Å². The second-order valence-corrected chi connectivity index (χ2v) is 8.92. The lowest BCUT2D eigenvalue weighted by Gasteiger charge is -2.31. The van der Waals surface area contributed by atoms with E-state index in [1.807, 2.05) is 0 Å². The Kier molecular flexibility index (Phi) is 4.96. The summed E-state index contributed by atoms with van der Waals surface area (Å²) in [7, 11) is 1.75. The monoisotopic (exact) mass is 464 g/mol. The maximum atomic E-state index is 14.5. The second-order valence-electron chi connectivity index (χ2n) is 8.92. The highest BCUT2D eigenvalue weighted by Gasteiger charge is 2.44. The number of hydrogen-bond donors (Lipinski definition) is 4. The molecule has 6 rings (SSSR count). The molecule has 1 aliphatic carbocycles. The molecule has 5 N–H and O–H groups in total. The van der Waals surface area contributed by atoms with E-state index in [1.54, 1.807) is 7.05 Å². The van der Waals surface area contributed by atoms with Crippen molar-refractivity contribution in [2.75, 3.05) is 30.4 Å². The molecule has 176 valence electrons. The molecule has 2 aliphatic rings. The number of anilines is 2. The molecule has 1 saturated heterocycles. The predicted octanol–water partition coefficient (Wildman–Crippen LogP) is 2.33. The minimum Gasteiger partial charge on any atom is -0.421 e. The summed E-state index contributed by atoms with van der Waals surface area (Å²) >= 11 is 0. The minimum atomic E-state index is -0.339. The number of halogens is 1. The number of ether oxygens (including phenoxy) is 1. The van der Waals surface area contributed by atoms with Crippen LogP contribution in [0.3, 0.4) is 0 Å². The smallest absolute Gasteiger partial charge is 0.326 e. The maximum Gasteiger partial charge on any atom is 0.326 e. The van der Waals surface area contributed by atoms with Gasteiger partial charge in [-0.15, -0.1) is 0 Å². The molecule has 3 atom stereocenters. The topological polar surface area (TPSA) is 138 Å². The highest BCUT2D eigenvalue weighted by molar-refractivity contribution is 6.14. The first-order valence-electron chi connectivity index (χ1n) is 11.4. The van der Waals surface area contributed by atoms with Gasteiger partial charge in [-0.3, -0.25) is 0 Å². The van der Waals surface area contributed by atoms with Crippen LogP contribution in [0.25, 0.3) is 21.9 Å². The molecule has 0 amide bonds. The molecule has 4 heterocycles. The van der Waals surface area contributed by atoms with Crippen molar-refractivity contribution in [1.29, 1.82) is 0 Å². The Labute approximate surface area is 194 Å². The van der Waals surface area contributed by atoms with Gasteiger partial charge >= 0.3 is 6.01 Å². The molecule has 34 heavy (non-hydrogen) atoms. The summed E-state index contributed by atoms with van der Waals surface area (Å²) in [5.74, 6) is 1.68. The number of H-pyrrole nitrogens is 1. The number of fused-ring (bicyclic) bond motifs is 5. The first-order chi connectivity index (χ1) is 16.5. The third kappa shape index (κ3) is 3.39. The van der Waals surface area contributed by atoms with Gasteiger partial charge in [0.25, 0.3) is 0 Å². The average Bonchev–Trinajstić information content (AvgIpc) is 3.51. The SMILES string of the molecule is CNc1cc(F)cc2c1[nH]c1nc(Oc3cnc(CCO)nc3)nc(N3CC4CC3C[C@@H]4N)c12. The summed E-state index contributed by atoms with van der Waals surface area (Å²) in [6, 6.07) is 3.57. The summed E-state index contributed by atoms with van der Waals surface area (Å²) in [4.78, 5) is 23.4. The molecule has 1 aliphatic heterocycles. The van der Waals surface area contributed by atoms with Crippen LogP contribution in [0.2, 0.25) is 0 Å². The molecule has 3 aromatic heterocycles. The maximum absolute atomic E-state index is 14.5. The van der Waals surface area contributed by atoms with Crippen molar-refractivity contribution < 1.29 is 14.2 Å². The Morgan fingerprint density at radius 3 is 2.76 bits per heavy atom. The van der Waals surface area contributed by atoms with Crippen LogP contribution in [0.15, 0.2) is 24.5 Å². The highest BCUT2D eigenvalue weighted by atomic mass is 19.1. The highest BCUT2D eigenvalue weighted by Crippen LogP contribution is 2.44. The molecule has 0 spiro atoms. The van der Waals surface area contributed by atoms with E-state index in [4.69, 9.17) is 20.6 Å². The number of rotatable bonds is 6. The van der Waals surface area contributed by atoms with Gasteiger partial charge < -0.3 is 30.8 Å². The summed E-state index contributed by atoms with van der Waals surface area (Å²) in [6.07, 6.45) is 5.34. The Hall–Kier alpha value is -3.57. The Balaban J connectivity index is 1.48. The Morgan fingerprint density at radius 2 is 2.09 bits per heavy atom. The zero-order valence-corrected chi connectivity index (χ0v) is 18.6. The van der Waals surface area contributed by atoms with Crippen molar-refractivity contribution in [1.82, 2.24) is 24.9 Å².